The van der Waals surface area contributed by atoms with Crippen LogP contribution < -0.4 is 0 Å². The lowest BCUT2D eigenvalue weighted by molar-refractivity contribution is -0.125. The average Bonchev–Trinajstić information content (AvgIpc) is 2.74. The van der Waals surface area contributed by atoms with Crippen LogP contribution in [-0.4, -0.2) is 54.0 Å². The summed E-state index contributed by atoms with van der Waals surface area (Å²) in [4.78, 5) is 13.6. The Balaban J connectivity index is 5.31. The van der Waals surface area contributed by atoms with E-state index in [4.69, 9.17) is 17.9 Å². The molecule has 0 rings (SSSR count). The summed E-state index contributed by atoms with van der Waals surface area (Å²) in [5.41, 5.74) is -0.819. The molecule has 0 aromatic rings. The second-order valence-electron chi connectivity index (χ2n) is 13.5. The first-order valence-corrected chi connectivity index (χ1v) is 21.8. The molecule has 0 N–H and O–H groups in total. The largest absolute Gasteiger partial charge is 0.417 e. The molecule has 0 heterocycles. The second-order valence-corrected chi connectivity index (χ2v) is 25.4. The van der Waals surface area contributed by atoms with E-state index in [-0.39, 0.29) is 41.1 Å². The van der Waals surface area contributed by atoms with E-state index in [0.717, 1.165) is 38.7 Å². The summed E-state index contributed by atoms with van der Waals surface area (Å²) >= 11 is 0. The number of hydrogen-bond acceptors (Lipinski definition) is 6. The van der Waals surface area contributed by atoms with E-state index in [1.807, 2.05) is 6.92 Å². The minimum atomic E-state index is -3.52. The number of Topliss-reactive ketones (excluding diaryl/α,β-unsaturated/α-hetero) is 1. The lowest BCUT2D eigenvalue weighted by atomic mass is 9.93. The molecule has 0 aliphatic carbocycles. The molecule has 0 saturated heterocycles. The van der Waals surface area contributed by atoms with Crippen molar-refractivity contribution in [1.82, 2.24) is 0 Å². The minimum Gasteiger partial charge on any atom is -0.417 e. The summed E-state index contributed by atoms with van der Waals surface area (Å²) in [5, 5.41) is 0.266. The van der Waals surface area contributed by atoms with E-state index in [1.54, 1.807) is 20.8 Å². The molecule has 37 heavy (non-hydrogen) atoms. The maximum atomic E-state index is 13.6. The first kappa shape index (κ1) is 37.2. The Kier molecular flexibility index (Phi) is 15.3. The van der Waals surface area contributed by atoms with Crippen LogP contribution in [0, 0.1) is 5.92 Å². The highest BCUT2D eigenvalue weighted by atomic mass is 31.2. The summed E-state index contributed by atoms with van der Waals surface area (Å²) in [7, 11) is -7.32. The van der Waals surface area contributed by atoms with Crippen molar-refractivity contribution in [2.24, 2.45) is 5.92 Å². The Morgan fingerprint density at radius 1 is 0.784 bits per heavy atom. The Hall–Kier alpha value is 0.174. The van der Waals surface area contributed by atoms with Crippen LogP contribution in [0.25, 0.3) is 0 Å². The summed E-state index contributed by atoms with van der Waals surface area (Å²) in [6, 6.07) is 0. The van der Waals surface area contributed by atoms with Crippen LogP contribution in [0.15, 0.2) is 0 Å². The van der Waals surface area contributed by atoms with Crippen molar-refractivity contribution >= 4 is 30.0 Å². The monoisotopic (exact) mass is 580 g/mol. The van der Waals surface area contributed by atoms with Crippen LogP contribution >= 0.6 is 7.60 Å². The molecule has 0 fully saturated rings. The van der Waals surface area contributed by atoms with E-state index in [1.165, 1.54) is 0 Å². The molecule has 0 aromatic carbocycles. The van der Waals surface area contributed by atoms with Crippen molar-refractivity contribution in [1.29, 1.82) is 0 Å². The van der Waals surface area contributed by atoms with Gasteiger partial charge < -0.3 is 17.9 Å². The van der Waals surface area contributed by atoms with Crippen LogP contribution in [0.1, 0.15) is 101 Å². The SMILES string of the molecule is CCOP(=O)(OCC)C(C)C(=O)[C@@H](C)[C@H](CCCCCCO[Si](C)(C)C(C)(C)C)O[Si](C)(C)C(C)(C)C. The lowest BCUT2D eigenvalue weighted by Gasteiger charge is -2.41. The van der Waals surface area contributed by atoms with E-state index < -0.39 is 29.9 Å². The van der Waals surface area contributed by atoms with Crippen molar-refractivity contribution in [3.05, 3.63) is 0 Å². The third kappa shape index (κ3) is 11.7. The Morgan fingerprint density at radius 3 is 1.68 bits per heavy atom. The number of carbonyl (C=O) groups excluding carboxylic acids is 1. The molecule has 222 valence electrons. The molecular formula is C28H61O6PSi2. The van der Waals surface area contributed by atoms with Crippen molar-refractivity contribution in [2.45, 2.75) is 149 Å². The van der Waals surface area contributed by atoms with Gasteiger partial charge in [-0.2, -0.15) is 0 Å². The summed E-state index contributed by atoms with van der Waals surface area (Å²) in [6.07, 6.45) is 4.81. The number of carbonyl (C=O) groups is 1. The Labute approximate surface area is 232 Å². The fraction of sp³-hybridized carbons (Fsp3) is 0.964. The van der Waals surface area contributed by atoms with Crippen LogP contribution in [0.5, 0.6) is 0 Å². The normalized spacial score (nSPS) is 16.5. The maximum absolute atomic E-state index is 13.6. The van der Waals surface area contributed by atoms with Gasteiger partial charge in [0.15, 0.2) is 22.4 Å². The molecule has 0 saturated carbocycles. The van der Waals surface area contributed by atoms with Gasteiger partial charge in [-0.05, 0) is 69.9 Å². The van der Waals surface area contributed by atoms with Crippen LogP contribution in [0.2, 0.25) is 36.3 Å². The molecule has 0 radical (unpaired) electrons. The number of ketones is 1. The first-order valence-electron chi connectivity index (χ1n) is 14.4. The smallest absolute Gasteiger partial charge is 0.340 e. The Morgan fingerprint density at radius 2 is 1.24 bits per heavy atom. The molecule has 0 aliphatic heterocycles. The van der Waals surface area contributed by atoms with E-state index in [2.05, 4.69) is 67.7 Å². The molecule has 0 bridgehead atoms. The number of unbranched alkanes of at least 4 members (excludes halogenated alkanes) is 3. The highest BCUT2D eigenvalue weighted by molar-refractivity contribution is 7.55. The van der Waals surface area contributed by atoms with Gasteiger partial charge in [0.1, 0.15) is 5.66 Å². The Bertz CT molecular complexity index is 717. The molecule has 0 amide bonds. The van der Waals surface area contributed by atoms with Gasteiger partial charge >= 0.3 is 7.60 Å². The van der Waals surface area contributed by atoms with E-state index >= 15 is 0 Å². The van der Waals surface area contributed by atoms with Gasteiger partial charge in [-0.25, -0.2) is 0 Å². The van der Waals surface area contributed by atoms with Crippen molar-refractivity contribution < 1.29 is 27.3 Å². The average molecular weight is 581 g/mol. The number of hydrogen-bond donors (Lipinski definition) is 0. The highest BCUT2D eigenvalue weighted by Gasteiger charge is 2.44. The van der Waals surface area contributed by atoms with Crippen LogP contribution in [-0.2, 0) is 27.3 Å². The zero-order chi connectivity index (χ0) is 29.3. The van der Waals surface area contributed by atoms with Crippen molar-refractivity contribution in [3.63, 3.8) is 0 Å². The molecule has 9 heteroatoms. The summed E-state index contributed by atoms with van der Waals surface area (Å²) < 4.78 is 37.4. The molecule has 3 atom stereocenters. The quantitative estimate of drug-likeness (QED) is 0.0914. The minimum absolute atomic E-state index is 0.0344. The van der Waals surface area contributed by atoms with Crippen molar-refractivity contribution in [2.75, 3.05) is 19.8 Å². The first-order chi connectivity index (χ1) is 16.7. The zero-order valence-electron chi connectivity index (χ0n) is 26.8. The highest BCUT2D eigenvalue weighted by Crippen LogP contribution is 2.54. The third-order valence-electron chi connectivity index (χ3n) is 8.41. The predicted molar refractivity (Wildman–Crippen MR) is 163 cm³/mol. The topological polar surface area (TPSA) is 71.1 Å². The fourth-order valence-electron chi connectivity index (χ4n) is 3.65. The van der Waals surface area contributed by atoms with Gasteiger partial charge in [0.05, 0.1) is 19.3 Å². The number of rotatable bonds is 18. The molecule has 0 spiro atoms. The molecular weight excluding hydrogens is 519 g/mol. The molecule has 6 nitrogen and oxygen atoms in total. The second kappa shape index (κ2) is 15.2. The van der Waals surface area contributed by atoms with E-state index in [0.29, 0.717) is 0 Å². The molecule has 0 aromatic heterocycles. The molecule has 1 unspecified atom stereocenters. The van der Waals surface area contributed by atoms with Gasteiger partial charge in [0.2, 0.25) is 0 Å². The van der Waals surface area contributed by atoms with Gasteiger partial charge in [-0.1, -0.05) is 67.7 Å². The summed E-state index contributed by atoms with van der Waals surface area (Å²) in [6.45, 7) is 30.9. The zero-order valence-corrected chi connectivity index (χ0v) is 29.7. The van der Waals surface area contributed by atoms with Crippen molar-refractivity contribution in [3.8, 4) is 0 Å². The van der Waals surface area contributed by atoms with Crippen LogP contribution in [0.3, 0.4) is 0 Å². The van der Waals surface area contributed by atoms with Gasteiger partial charge in [-0.3, -0.25) is 9.36 Å². The van der Waals surface area contributed by atoms with Crippen LogP contribution in [0.4, 0.5) is 0 Å². The third-order valence-corrected chi connectivity index (χ3v) is 19.9. The van der Waals surface area contributed by atoms with E-state index in [9.17, 15) is 9.36 Å². The maximum Gasteiger partial charge on any atom is 0.340 e. The standard InChI is InChI=1S/C28H61O6PSi2/c1-15-31-35(30,32-16-2)24(4)26(29)23(3)25(34-37(13,14)28(8,9)10)21-19-17-18-20-22-33-36(11,12)27(5,6)7/h23-25H,15-22H2,1-14H3/t23-,24?,25-/m0/s1. The lowest BCUT2D eigenvalue weighted by Crippen LogP contribution is -2.47. The van der Waals surface area contributed by atoms with Gasteiger partial charge in [-0.15, -0.1) is 0 Å². The molecule has 0 aliphatic rings. The summed E-state index contributed by atoms with van der Waals surface area (Å²) in [5.74, 6) is -0.489. The fourth-order valence-corrected chi connectivity index (χ4v) is 7.96. The predicted octanol–water partition coefficient (Wildman–Crippen LogP) is 9.21. The van der Waals surface area contributed by atoms with Gasteiger partial charge in [0.25, 0.3) is 0 Å². The van der Waals surface area contributed by atoms with Gasteiger partial charge in [0, 0.05) is 12.5 Å².